The van der Waals surface area contributed by atoms with Gasteiger partial charge >= 0.3 is 0 Å². The molecule has 2 saturated carbocycles. The Labute approximate surface area is 162 Å². The summed E-state index contributed by atoms with van der Waals surface area (Å²) in [6.07, 6.45) is 5.48. The molecule has 2 aliphatic rings. The van der Waals surface area contributed by atoms with Gasteiger partial charge in [-0.1, -0.05) is 38.0 Å². The van der Waals surface area contributed by atoms with E-state index >= 15 is 0 Å². The van der Waals surface area contributed by atoms with Gasteiger partial charge in [0.15, 0.2) is 0 Å². The molecule has 148 valence electrons. The molecule has 0 spiro atoms. The second-order valence-corrected chi connectivity index (χ2v) is 8.78. The first-order valence-corrected chi connectivity index (χ1v) is 10.3. The fourth-order valence-corrected chi connectivity index (χ4v) is 4.82. The van der Waals surface area contributed by atoms with Crippen LogP contribution in [0.4, 0.5) is 0 Å². The van der Waals surface area contributed by atoms with Gasteiger partial charge in [-0.15, -0.1) is 0 Å². The van der Waals surface area contributed by atoms with E-state index < -0.39 is 6.04 Å². The standard InChI is InChI=1S/C22H33N3O2/c1-13(2)19(24-21(26)17-9-4-6-14(3)10-17)22(27)25-20-15-7-5-8-16(20)12-18(23)11-15/h4,6,9-10,13,15-16,18-20H,5,7-8,11-12,23H2,1-3H3,(H,24,26)(H,25,27). The van der Waals surface area contributed by atoms with Gasteiger partial charge in [0.25, 0.3) is 5.91 Å². The van der Waals surface area contributed by atoms with Crippen LogP contribution in [0.3, 0.4) is 0 Å². The van der Waals surface area contributed by atoms with E-state index in [2.05, 4.69) is 10.6 Å². The number of carbonyl (C=O) groups is 2. The molecular weight excluding hydrogens is 338 g/mol. The van der Waals surface area contributed by atoms with Crippen molar-refractivity contribution in [2.75, 3.05) is 0 Å². The highest BCUT2D eigenvalue weighted by atomic mass is 16.2. The molecule has 0 radical (unpaired) electrons. The molecule has 5 nitrogen and oxygen atoms in total. The van der Waals surface area contributed by atoms with Crippen molar-refractivity contribution in [2.45, 2.75) is 71.0 Å². The normalized spacial score (nSPS) is 28.5. The van der Waals surface area contributed by atoms with Gasteiger partial charge in [0.2, 0.25) is 5.91 Å². The second-order valence-electron chi connectivity index (χ2n) is 8.78. The molecule has 2 aliphatic carbocycles. The van der Waals surface area contributed by atoms with E-state index in [1.807, 2.05) is 39.0 Å². The number of carbonyl (C=O) groups excluding carboxylic acids is 2. The summed E-state index contributed by atoms with van der Waals surface area (Å²) in [7, 11) is 0. The number of amides is 2. The van der Waals surface area contributed by atoms with Crippen LogP contribution in [0.1, 0.15) is 61.9 Å². The van der Waals surface area contributed by atoms with Gasteiger partial charge in [0.05, 0.1) is 0 Å². The lowest BCUT2D eigenvalue weighted by Crippen LogP contribution is -2.58. The summed E-state index contributed by atoms with van der Waals surface area (Å²) in [5.41, 5.74) is 7.82. The maximum atomic E-state index is 13.0. The van der Waals surface area contributed by atoms with E-state index in [0.29, 0.717) is 17.4 Å². The van der Waals surface area contributed by atoms with Crippen LogP contribution >= 0.6 is 0 Å². The minimum absolute atomic E-state index is 0.0180. The molecule has 0 aliphatic heterocycles. The van der Waals surface area contributed by atoms with Gasteiger partial charge in [-0.2, -0.15) is 0 Å². The van der Waals surface area contributed by atoms with Gasteiger partial charge in [-0.05, 0) is 62.5 Å². The van der Waals surface area contributed by atoms with Crippen LogP contribution in [0.15, 0.2) is 24.3 Å². The van der Waals surface area contributed by atoms with Crippen LogP contribution < -0.4 is 16.4 Å². The molecule has 3 unspecified atom stereocenters. The molecule has 1 aromatic rings. The van der Waals surface area contributed by atoms with E-state index in [4.69, 9.17) is 5.73 Å². The first-order chi connectivity index (χ1) is 12.8. The Morgan fingerprint density at radius 3 is 2.41 bits per heavy atom. The fraction of sp³-hybridized carbons (Fsp3) is 0.636. The molecule has 2 amide bonds. The number of nitrogens with two attached hydrogens (primary N) is 1. The van der Waals surface area contributed by atoms with Crippen LogP contribution in [-0.4, -0.2) is 29.9 Å². The van der Waals surface area contributed by atoms with Crippen LogP contribution in [0.5, 0.6) is 0 Å². The highest BCUT2D eigenvalue weighted by molar-refractivity contribution is 5.97. The summed E-state index contributed by atoms with van der Waals surface area (Å²) in [5, 5.41) is 6.23. The molecule has 0 saturated heterocycles. The Balaban J connectivity index is 1.67. The van der Waals surface area contributed by atoms with Gasteiger partial charge in [0.1, 0.15) is 6.04 Å². The zero-order valence-corrected chi connectivity index (χ0v) is 16.7. The average Bonchev–Trinajstić information content (AvgIpc) is 2.59. The molecule has 3 atom stereocenters. The molecule has 4 N–H and O–H groups in total. The van der Waals surface area contributed by atoms with Gasteiger partial charge in [-0.3, -0.25) is 9.59 Å². The molecular formula is C22H33N3O2. The highest BCUT2D eigenvalue weighted by Gasteiger charge is 2.41. The van der Waals surface area contributed by atoms with E-state index in [9.17, 15) is 9.59 Å². The highest BCUT2D eigenvalue weighted by Crippen LogP contribution is 2.39. The summed E-state index contributed by atoms with van der Waals surface area (Å²) in [6.45, 7) is 5.90. The van der Waals surface area contributed by atoms with E-state index in [1.165, 1.54) is 6.42 Å². The number of hydrogen-bond acceptors (Lipinski definition) is 3. The fourth-order valence-electron chi connectivity index (χ4n) is 4.82. The summed E-state index contributed by atoms with van der Waals surface area (Å²) in [5.74, 6) is 0.694. The lowest BCUT2D eigenvalue weighted by molar-refractivity contribution is -0.126. The maximum absolute atomic E-state index is 13.0. The van der Waals surface area contributed by atoms with Crippen molar-refractivity contribution in [3.05, 3.63) is 35.4 Å². The van der Waals surface area contributed by atoms with E-state index in [1.54, 1.807) is 6.07 Å². The van der Waals surface area contributed by atoms with Gasteiger partial charge < -0.3 is 16.4 Å². The Morgan fingerprint density at radius 2 is 1.81 bits per heavy atom. The lowest BCUT2D eigenvalue weighted by Gasteiger charge is -2.45. The van der Waals surface area contributed by atoms with Crippen LogP contribution in [0.25, 0.3) is 0 Å². The summed E-state index contributed by atoms with van der Waals surface area (Å²) >= 11 is 0. The van der Waals surface area contributed by atoms with E-state index in [0.717, 1.165) is 31.2 Å². The molecule has 3 rings (SSSR count). The second kappa shape index (κ2) is 8.42. The zero-order valence-electron chi connectivity index (χ0n) is 16.7. The molecule has 0 aromatic heterocycles. The predicted molar refractivity (Wildman–Crippen MR) is 107 cm³/mol. The molecule has 0 heterocycles. The minimum Gasteiger partial charge on any atom is -0.351 e. The van der Waals surface area contributed by atoms with Crippen molar-refractivity contribution in [3.63, 3.8) is 0 Å². The monoisotopic (exact) mass is 371 g/mol. The van der Waals surface area contributed by atoms with Crippen molar-refractivity contribution in [1.29, 1.82) is 0 Å². The number of hydrogen-bond donors (Lipinski definition) is 3. The summed E-state index contributed by atoms with van der Waals surface area (Å²) in [6, 6.07) is 7.37. The number of rotatable bonds is 5. The van der Waals surface area contributed by atoms with Crippen molar-refractivity contribution >= 4 is 11.8 Å². The van der Waals surface area contributed by atoms with Crippen molar-refractivity contribution < 1.29 is 9.59 Å². The van der Waals surface area contributed by atoms with Crippen LogP contribution in [-0.2, 0) is 4.79 Å². The molecule has 5 heteroatoms. The number of nitrogens with one attached hydrogen (secondary N) is 2. The largest absolute Gasteiger partial charge is 0.351 e. The molecule has 27 heavy (non-hydrogen) atoms. The third kappa shape index (κ3) is 4.70. The summed E-state index contributed by atoms with van der Waals surface area (Å²) in [4.78, 5) is 25.7. The van der Waals surface area contributed by atoms with Crippen molar-refractivity contribution in [2.24, 2.45) is 23.5 Å². The topological polar surface area (TPSA) is 84.2 Å². The first-order valence-electron chi connectivity index (χ1n) is 10.3. The minimum atomic E-state index is -0.533. The zero-order chi connectivity index (χ0) is 19.6. The quantitative estimate of drug-likeness (QED) is 0.744. The van der Waals surface area contributed by atoms with Gasteiger partial charge in [0, 0.05) is 17.6 Å². The Morgan fingerprint density at radius 1 is 1.15 bits per heavy atom. The molecule has 2 fully saturated rings. The average molecular weight is 372 g/mol. The summed E-state index contributed by atoms with van der Waals surface area (Å²) < 4.78 is 0. The lowest BCUT2D eigenvalue weighted by atomic mass is 9.67. The number of fused-ring (bicyclic) bond motifs is 2. The Bertz CT molecular complexity index is 674. The Kier molecular flexibility index (Phi) is 6.20. The molecule has 1 aromatic carbocycles. The number of benzene rings is 1. The third-order valence-corrected chi connectivity index (χ3v) is 6.20. The predicted octanol–water partition coefficient (Wildman–Crippen LogP) is 2.77. The Hall–Kier alpha value is -1.88. The molecule has 2 bridgehead atoms. The van der Waals surface area contributed by atoms with Gasteiger partial charge in [-0.25, -0.2) is 0 Å². The van der Waals surface area contributed by atoms with Crippen molar-refractivity contribution in [1.82, 2.24) is 10.6 Å². The van der Waals surface area contributed by atoms with Crippen LogP contribution in [0.2, 0.25) is 0 Å². The number of aryl methyl sites for hydroxylation is 1. The third-order valence-electron chi connectivity index (χ3n) is 6.20. The smallest absolute Gasteiger partial charge is 0.251 e. The SMILES string of the molecule is Cc1cccc(C(=O)NC(C(=O)NC2C3CCCC2CC(N)C3)C(C)C)c1. The first kappa shape index (κ1) is 19.9. The van der Waals surface area contributed by atoms with E-state index in [-0.39, 0.29) is 29.8 Å². The van der Waals surface area contributed by atoms with Crippen LogP contribution in [0, 0.1) is 24.7 Å². The maximum Gasteiger partial charge on any atom is 0.251 e. The van der Waals surface area contributed by atoms with Crippen molar-refractivity contribution in [3.8, 4) is 0 Å².